The molecule has 32 heavy (non-hydrogen) atoms. The molecular weight excluding hydrogens is 400 g/mol. The Kier molecular flexibility index (Phi) is 5.47. The van der Waals surface area contributed by atoms with Gasteiger partial charge in [-0.25, -0.2) is 4.98 Å². The molecule has 166 valence electrons. The summed E-state index contributed by atoms with van der Waals surface area (Å²) in [4.78, 5) is 22.6. The van der Waals surface area contributed by atoms with Crippen LogP contribution in [-0.2, 0) is 12.1 Å². The summed E-state index contributed by atoms with van der Waals surface area (Å²) < 4.78 is 7.63. The molecule has 1 spiro atoms. The van der Waals surface area contributed by atoms with Crippen LogP contribution in [0, 0.1) is 0 Å². The van der Waals surface area contributed by atoms with E-state index in [9.17, 15) is 4.79 Å². The lowest BCUT2D eigenvalue weighted by molar-refractivity contribution is -0.00313. The van der Waals surface area contributed by atoms with Crippen molar-refractivity contribution in [3.05, 3.63) is 72.2 Å². The highest BCUT2D eigenvalue weighted by Crippen LogP contribution is 2.42. The number of hydrogen-bond acceptors (Lipinski definition) is 4. The van der Waals surface area contributed by atoms with Crippen molar-refractivity contribution in [3.63, 3.8) is 0 Å². The second-order valence-corrected chi connectivity index (χ2v) is 8.62. The number of nitrogens with zero attached hydrogens (tertiary/aromatic N) is 4. The average Bonchev–Trinajstić information content (AvgIpc) is 3.30. The molecular formula is C26H30N4O2. The van der Waals surface area contributed by atoms with Crippen molar-refractivity contribution in [1.29, 1.82) is 0 Å². The van der Waals surface area contributed by atoms with Crippen LogP contribution in [0.1, 0.15) is 35.9 Å². The Bertz CT molecular complexity index is 1080. The lowest BCUT2D eigenvalue weighted by Crippen LogP contribution is -2.58. The van der Waals surface area contributed by atoms with Gasteiger partial charge in [-0.3, -0.25) is 9.69 Å². The van der Waals surface area contributed by atoms with Crippen molar-refractivity contribution >= 4 is 5.91 Å². The predicted octanol–water partition coefficient (Wildman–Crippen LogP) is 4.03. The molecule has 2 aromatic carbocycles. The van der Waals surface area contributed by atoms with Crippen LogP contribution >= 0.6 is 0 Å². The van der Waals surface area contributed by atoms with Gasteiger partial charge in [0.15, 0.2) is 0 Å². The number of rotatable bonds is 4. The Hall–Kier alpha value is -3.12. The van der Waals surface area contributed by atoms with E-state index in [1.807, 2.05) is 41.4 Å². The molecule has 6 heteroatoms. The Balaban J connectivity index is 1.40. The number of methoxy groups -OCH3 is 1. The van der Waals surface area contributed by atoms with Gasteiger partial charge < -0.3 is 14.2 Å². The standard InChI is InChI=1S/C26H30N4O2/c1-3-29-17-18-30-23(20-7-5-4-6-8-20)19-27-25(30)26(29)13-15-28(16-14-26)24(31)21-9-11-22(32-2)12-10-21/h4-12,19H,3,13-18H2,1-2H3. The van der Waals surface area contributed by atoms with Crippen molar-refractivity contribution < 1.29 is 9.53 Å². The van der Waals surface area contributed by atoms with Crippen LogP contribution in [0.2, 0.25) is 0 Å². The number of ether oxygens (including phenoxy) is 1. The molecule has 0 aliphatic carbocycles. The lowest BCUT2D eigenvalue weighted by atomic mass is 9.83. The number of piperidine rings is 1. The zero-order valence-corrected chi connectivity index (χ0v) is 18.8. The molecule has 2 aliphatic heterocycles. The fraction of sp³-hybridized carbons (Fsp3) is 0.385. The zero-order valence-electron chi connectivity index (χ0n) is 18.8. The van der Waals surface area contributed by atoms with Crippen LogP contribution in [-0.4, -0.2) is 58.5 Å². The number of hydrogen-bond donors (Lipinski definition) is 0. The van der Waals surface area contributed by atoms with Crippen molar-refractivity contribution in [2.75, 3.05) is 33.3 Å². The van der Waals surface area contributed by atoms with Crippen molar-refractivity contribution in [2.24, 2.45) is 0 Å². The summed E-state index contributed by atoms with van der Waals surface area (Å²) >= 11 is 0. The number of amides is 1. The third kappa shape index (κ3) is 3.39. The summed E-state index contributed by atoms with van der Waals surface area (Å²) in [7, 11) is 1.64. The Morgan fingerprint density at radius 3 is 2.38 bits per heavy atom. The maximum absolute atomic E-state index is 13.1. The highest BCUT2D eigenvalue weighted by atomic mass is 16.5. The maximum Gasteiger partial charge on any atom is 0.253 e. The van der Waals surface area contributed by atoms with Gasteiger partial charge in [0.1, 0.15) is 11.6 Å². The molecule has 0 N–H and O–H groups in total. The fourth-order valence-electron chi connectivity index (χ4n) is 5.39. The van der Waals surface area contributed by atoms with E-state index >= 15 is 0 Å². The summed E-state index contributed by atoms with van der Waals surface area (Å²) in [5.41, 5.74) is 2.99. The van der Waals surface area contributed by atoms with E-state index in [-0.39, 0.29) is 11.4 Å². The van der Waals surface area contributed by atoms with Gasteiger partial charge >= 0.3 is 0 Å². The topological polar surface area (TPSA) is 50.6 Å². The van der Waals surface area contributed by atoms with Crippen LogP contribution in [0.15, 0.2) is 60.8 Å². The molecule has 0 atom stereocenters. The van der Waals surface area contributed by atoms with Crippen molar-refractivity contribution in [1.82, 2.24) is 19.4 Å². The summed E-state index contributed by atoms with van der Waals surface area (Å²) in [5, 5.41) is 0. The van der Waals surface area contributed by atoms with Crippen LogP contribution < -0.4 is 4.74 Å². The van der Waals surface area contributed by atoms with E-state index in [4.69, 9.17) is 9.72 Å². The summed E-state index contributed by atoms with van der Waals surface area (Å²) in [6.07, 6.45) is 3.82. The number of fused-ring (bicyclic) bond motifs is 2. The van der Waals surface area contributed by atoms with Crippen LogP contribution in [0.4, 0.5) is 0 Å². The number of carbonyl (C=O) groups is 1. The molecule has 1 saturated heterocycles. The van der Waals surface area contributed by atoms with Crippen LogP contribution in [0.5, 0.6) is 5.75 Å². The van der Waals surface area contributed by atoms with E-state index in [1.165, 1.54) is 11.3 Å². The van der Waals surface area contributed by atoms with Crippen LogP contribution in [0.3, 0.4) is 0 Å². The number of likely N-dealkylation sites (tertiary alicyclic amines) is 1. The monoisotopic (exact) mass is 430 g/mol. The highest BCUT2D eigenvalue weighted by Gasteiger charge is 2.47. The second kappa shape index (κ2) is 8.43. The molecule has 1 aromatic heterocycles. The lowest BCUT2D eigenvalue weighted by Gasteiger charge is -2.50. The molecule has 3 aromatic rings. The van der Waals surface area contributed by atoms with Gasteiger partial charge in [-0.15, -0.1) is 0 Å². The molecule has 3 heterocycles. The average molecular weight is 431 g/mol. The molecule has 1 fully saturated rings. The first kappa shape index (κ1) is 20.8. The van der Waals surface area contributed by atoms with E-state index in [0.717, 1.165) is 57.1 Å². The van der Waals surface area contributed by atoms with Gasteiger partial charge in [0, 0.05) is 31.7 Å². The smallest absolute Gasteiger partial charge is 0.253 e. The number of carbonyl (C=O) groups excluding carboxylic acids is 1. The number of benzene rings is 2. The molecule has 5 rings (SSSR count). The first-order chi connectivity index (χ1) is 15.7. The van der Waals surface area contributed by atoms with E-state index in [1.54, 1.807) is 7.11 Å². The maximum atomic E-state index is 13.1. The van der Waals surface area contributed by atoms with E-state index < -0.39 is 0 Å². The Morgan fingerprint density at radius 2 is 1.72 bits per heavy atom. The zero-order chi connectivity index (χ0) is 22.1. The second-order valence-electron chi connectivity index (χ2n) is 8.62. The molecule has 2 aliphatic rings. The van der Waals surface area contributed by atoms with Gasteiger partial charge in [0.25, 0.3) is 5.91 Å². The number of imidazole rings is 1. The SMILES string of the molecule is CCN1CCn2c(-c3ccccc3)cnc2C12CCN(C(=O)c1ccc(OC)cc1)CC2. The first-order valence-electron chi connectivity index (χ1n) is 11.5. The van der Waals surface area contributed by atoms with Gasteiger partial charge in [-0.2, -0.15) is 0 Å². The van der Waals surface area contributed by atoms with Crippen molar-refractivity contribution in [2.45, 2.75) is 31.8 Å². The summed E-state index contributed by atoms with van der Waals surface area (Å²) in [6, 6.07) is 17.9. The summed E-state index contributed by atoms with van der Waals surface area (Å²) in [6.45, 7) is 6.63. The molecule has 6 nitrogen and oxygen atoms in total. The van der Waals surface area contributed by atoms with Crippen LogP contribution in [0.25, 0.3) is 11.3 Å². The number of aromatic nitrogens is 2. The minimum Gasteiger partial charge on any atom is -0.497 e. The molecule has 0 radical (unpaired) electrons. The van der Waals surface area contributed by atoms with Gasteiger partial charge in [0.2, 0.25) is 0 Å². The van der Waals surface area contributed by atoms with Gasteiger partial charge in [-0.1, -0.05) is 37.3 Å². The van der Waals surface area contributed by atoms with E-state index in [0.29, 0.717) is 5.56 Å². The Morgan fingerprint density at radius 1 is 1.00 bits per heavy atom. The largest absolute Gasteiger partial charge is 0.497 e. The molecule has 1 amide bonds. The molecule has 0 unspecified atom stereocenters. The Labute approximate surface area is 189 Å². The van der Waals surface area contributed by atoms with Gasteiger partial charge in [0.05, 0.1) is 24.5 Å². The fourth-order valence-corrected chi connectivity index (χ4v) is 5.39. The van der Waals surface area contributed by atoms with Gasteiger partial charge in [-0.05, 0) is 49.2 Å². The third-order valence-corrected chi connectivity index (χ3v) is 7.14. The van der Waals surface area contributed by atoms with E-state index in [2.05, 4.69) is 40.7 Å². The summed E-state index contributed by atoms with van der Waals surface area (Å²) in [5.74, 6) is 2.01. The molecule has 0 saturated carbocycles. The first-order valence-corrected chi connectivity index (χ1v) is 11.5. The number of likely N-dealkylation sites (N-methyl/N-ethyl adjacent to an activating group) is 1. The quantitative estimate of drug-likeness (QED) is 0.627. The normalized spacial score (nSPS) is 17.9. The molecule has 0 bridgehead atoms. The minimum atomic E-state index is -0.114. The van der Waals surface area contributed by atoms with Crippen molar-refractivity contribution in [3.8, 4) is 17.0 Å². The predicted molar refractivity (Wildman–Crippen MR) is 125 cm³/mol. The highest BCUT2D eigenvalue weighted by molar-refractivity contribution is 5.94. The minimum absolute atomic E-state index is 0.0923. The third-order valence-electron chi connectivity index (χ3n) is 7.14.